The minimum absolute atomic E-state index is 0.126. The largest absolute Gasteiger partial charge is 0.353 e. The molecule has 0 bridgehead atoms. The summed E-state index contributed by atoms with van der Waals surface area (Å²) in [5.41, 5.74) is 1.86. The van der Waals surface area contributed by atoms with Gasteiger partial charge in [-0.25, -0.2) is 9.37 Å². The maximum Gasteiger partial charge on any atom is 0.191 e. The van der Waals surface area contributed by atoms with Crippen LogP contribution in [-0.4, -0.2) is 24.0 Å². The molecule has 2 unspecified atom stereocenters. The highest BCUT2D eigenvalue weighted by molar-refractivity contribution is 7.11. The molecule has 1 aliphatic rings. The van der Waals surface area contributed by atoms with Gasteiger partial charge in [-0.15, -0.1) is 11.3 Å². The Bertz CT molecular complexity index is 706. The number of nitrogens with zero attached hydrogens (tertiary/aromatic N) is 2. The number of hydrogen-bond acceptors (Lipinski definition) is 3. The second kappa shape index (κ2) is 6.66. The van der Waals surface area contributed by atoms with E-state index >= 15 is 0 Å². The molecule has 6 heteroatoms. The summed E-state index contributed by atoms with van der Waals surface area (Å²) in [6.45, 7) is 4.74. The van der Waals surface area contributed by atoms with Crippen LogP contribution in [0.3, 0.4) is 0 Å². The van der Waals surface area contributed by atoms with Crippen molar-refractivity contribution in [2.75, 3.05) is 7.05 Å². The van der Waals surface area contributed by atoms with E-state index < -0.39 is 0 Å². The molecule has 4 nitrogen and oxygen atoms in total. The third-order valence-electron chi connectivity index (χ3n) is 4.12. The second-order valence-electron chi connectivity index (χ2n) is 5.79. The van der Waals surface area contributed by atoms with Gasteiger partial charge in [-0.2, -0.15) is 0 Å². The van der Waals surface area contributed by atoms with E-state index in [9.17, 15) is 4.39 Å². The molecular weight excluding hydrogens is 311 g/mol. The van der Waals surface area contributed by atoms with Crippen LogP contribution in [-0.2, 0) is 6.54 Å². The fraction of sp³-hybridized carbons (Fsp3) is 0.412. The summed E-state index contributed by atoms with van der Waals surface area (Å²) in [6.07, 6.45) is 0.928. The smallest absolute Gasteiger partial charge is 0.191 e. The lowest BCUT2D eigenvalue weighted by Crippen LogP contribution is -2.38. The quantitative estimate of drug-likeness (QED) is 0.668. The molecule has 0 aliphatic heterocycles. The lowest BCUT2D eigenvalue weighted by atomic mass is 10.1. The molecule has 1 aromatic carbocycles. The maximum absolute atomic E-state index is 13.8. The molecule has 1 saturated carbocycles. The zero-order chi connectivity index (χ0) is 16.4. The molecule has 0 spiro atoms. The number of rotatable bonds is 4. The van der Waals surface area contributed by atoms with Crippen molar-refractivity contribution in [2.24, 2.45) is 4.99 Å². The van der Waals surface area contributed by atoms with Crippen molar-refractivity contribution in [3.63, 3.8) is 0 Å². The van der Waals surface area contributed by atoms with E-state index in [2.05, 4.69) is 27.5 Å². The molecule has 3 rings (SSSR count). The van der Waals surface area contributed by atoms with Gasteiger partial charge in [0.25, 0.3) is 0 Å². The Morgan fingerprint density at radius 3 is 2.83 bits per heavy atom. The van der Waals surface area contributed by atoms with E-state index in [4.69, 9.17) is 0 Å². The Hall–Kier alpha value is -1.95. The first-order chi connectivity index (χ1) is 11.1. The predicted octanol–water partition coefficient (Wildman–Crippen LogP) is 3.12. The minimum atomic E-state index is -0.126. The molecule has 122 valence electrons. The van der Waals surface area contributed by atoms with E-state index in [-0.39, 0.29) is 17.8 Å². The number of nitrogens with one attached hydrogen (secondary N) is 2. The minimum Gasteiger partial charge on any atom is -0.353 e. The van der Waals surface area contributed by atoms with E-state index in [1.165, 1.54) is 10.9 Å². The molecule has 0 radical (unpaired) electrons. The van der Waals surface area contributed by atoms with Crippen LogP contribution in [0.25, 0.3) is 0 Å². The van der Waals surface area contributed by atoms with Gasteiger partial charge in [0.2, 0.25) is 0 Å². The summed E-state index contributed by atoms with van der Waals surface area (Å²) >= 11 is 1.69. The normalized spacial score (nSPS) is 20.4. The molecule has 1 aliphatic carbocycles. The van der Waals surface area contributed by atoms with E-state index in [0.717, 1.165) is 28.6 Å². The van der Waals surface area contributed by atoms with Crippen LogP contribution in [0.1, 0.15) is 33.5 Å². The van der Waals surface area contributed by atoms with Crippen LogP contribution < -0.4 is 10.6 Å². The van der Waals surface area contributed by atoms with Crippen molar-refractivity contribution in [3.05, 3.63) is 51.2 Å². The number of guanidine groups is 1. The van der Waals surface area contributed by atoms with Crippen molar-refractivity contribution in [3.8, 4) is 0 Å². The topological polar surface area (TPSA) is 49.3 Å². The molecule has 1 heterocycles. The third kappa shape index (κ3) is 3.69. The summed E-state index contributed by atoms with van der Waals surface area (Å²) in [5.74, 6) is 0.830. The Labute approximate surface area is 139 Å². The molecule has 2 N–H and O–H groups in total. The van der Waals surface area contributed by atoms with Crippen molar-refractivity contribution < 1.29 is 4.39 Å². The molecule has 23 heavy (non-hydrogen) atoms. The standard InChI is InChI=1S/C17H21FN4S/c1-10-11(2)23-16(21-10)9-20-17(19-3)22-15-8-13(15)12-6-4-5-7-14(12)18/h4-7,13,15H,8-9H2,1-3H3,(H2,19,20,22). The molecule has 2 aromatic rings. The number of hydrogen-bond donors (Lipinski definition) is 2. The average Bonchev–Trinajstić information content (AvgIpc) is 3.22. The zero-order valence-electron chi connectivity index (χ0n) is 13.6. The Morgan fingerprint density at radius 2 is 2.17 bits per heavy atom. The SMILES string of the molecule is CN=C(NCc1nc(C)c(C)s1)NC1CC1c1ccccc1F. The third-order valence-corrected chi connectivity index (χ3v) is 5.19. The lowest BCUT2D eigenvalue weighted by molar-refractivity contribution is 0.607. The van der Waals surface area contributed by atoms with Gasteiger partial charge >= 0.3 is 0 Å². The number of benzene rings is 1. The second-order valence-corrected chi connectivity index (χ2v) is 7.08. The first-order valence-electron chi connectivity index (χ1n) is 7.73. The van der Waals surface area contributed by atoms with Crippen LogP contribution in [0.4, 0.5) is 4.39 Å². The van der Waals surface area contributed by atoms with Crippen LogP contribution in [0.15, 0.2) is 29.3 Å². The fourth-order valence-corrected chi connectivity index (χ4v) is 3.49. The predicted molar refractivity (Wildman–Crippen MR) is 92.5 cm³/mol. The molecule has 1 aromatic heterocycles. The Kier molecular flexibility index (Phi) is 4.61. The summed E-state index contributed by atoms with van der Waals surface area (Å²) in [4.78, 5) is 9.99. The number of aliphatic imine (C=N–C) groups is 1. The zero-order valence-corrected chi connectivity index (χ0v) is 14.4. The van der Waals surface area contributed by atoms with Crippen molar-refractivity contribution in [1.29, 1.82) is 0 Å². The van der Waals surface area contributed by atoms with Gasteiger partial charge in [0, 0.05) is 23.9 Å². The van der Waals surface area contributed by atoms with Crippen molar-refractivity contribution in [2.45, 2.75) is 38.8 Å². The van der Waals surface area contributed by atoms with E-state index in [0.29, 0.717) is 6.54 Å². The van der Waals surface area contributed by atoms with E-state index in [1.54, 1.807) is 24.5 Å². The van der Waals surface area contributed by atoms with Gasteiger partial charge in [-0.05, 0) is 31.9 Å². The first kappa shape index (κ1) is 15.9. The molecular formula is C17H21FN4S. The number of aryl methyl sites for hydroxylation is 2. The summed E-state index contributed by atoms with van der Waals surface area (Å²) in [6, 6.07) is 7.22. The number of aromatic nitrogens is 1. The highest BCUT2D eigenvalue weighted by atomic mass is 32.1. The Morgan fingerprint density at radius 1 is 1.39 bits per heavy atom. The number of halogens is 1. The fourth-order valence-electron chi connectivity index (χ4n) is 2.62. The summed E-state index contributed by atoms with van der Waals surface area (Å²) in [5, 5.41) is 7.68. The number of thiazole rings is 1. The van der Waals surface area contributed by atoms with Crippen molar-refractivity contribution in [1.82, 2.24) is 15.6 Å². The molecule has 0 saturated heterocycles. The van der Waals surface area contributed by atoms with Gasteiger partial charge in [-0.1, -0.05) is 18.2 Å². The van der Waals surface area contributed by atoms with Crippen molar-refractivity contribution >= 4 is 17.3 Å². The first-order valence-corrected chi connectivity index (χ1v) is 8.54. The van der Waals surface area contributed by atoms with E-state index in [1.807, 2.05) is 19.1 Å². The molecule has 2 atom stereocenters. The highest BCUT2D eigenvalue weighted by Gasteiger charge is 2.40. The van der Waals surface area contributed by atoms with Gasteiger partial charge in [0.1, 0.15) is 10.8 Å². The van der Waals surface area contributed by atoms with Gasteiger partial charge in [0.15, 0.2) is 5.96 Å². The lowest BCUT2D eigenvalue weighted by Gasteiger charge is -2.11. The average molecular weight is 332 g/mol. The van der Waals surface area contributed by atoms with Gasteiger partial charge < -0.3 is 10.6 Å². The van der Waals surface area contributed by atoms with Gasteiger partial charge in [0.05, 0.1) is 12.2 Å². The highest BCUT2D eigenvalue weighted by Crippen LogP contribution is 2.41. The molecule has 1 fully saturated rings. The van der Waals surface area contributed by atoms with Crippen LogP contribution in [0, 0.1) is 19.7 Å². The summed E-state index contributed by atoms with van der Waals surface area (Å²) in [7, 11) is 1.74. The monoisotopic (exact) mass is 332 g/mol. The van der Waals surface area contributed by atoms with Crippen LogP contribution in [0.2, 0.25) is 0 Å². The molecule has 0 amide bonds. The van der Waals surface area contributed by atoms with Gasteiger partial charge in [-0.3, -0.25) is 4.99 Å². The van der Waals surface area contributed by atoms with Crippen LogP contribution >= 0.6 is 11.3 Å². The Balaban J connectivity index is 1.54. The maximum atomic E-state index is 13.8. The summed E-state index contributed by atoms with van der Waals surface area (Å²) < 4.78 is 13.8. The van der Waals surface area contributed by atoms with Crippen LogP contribution in [0.5, 0.6) is 0 Å².